The average molecular weight is 517 g/mol. The van der Waals surface area contributed by atoms with Crippen molar-refractivity contribution in [3.63, 3.8) is 0 Å². The summed E-state index contributed by atoms with van der Waals surface area (Å²) >= 11 is 0. The second-order valence-corrected chi connectivity index (χ2v) is 10.7. The Morgan fingerprint density at radius 3 is 2.47 bits per heavy atom. The fourth-order valence-corrected chi connectivity index (χ4v) is 5.73. The fraction of sp³-hybridized carbons (Fsp3) is 0.500. The van der Waals surface area contributed by atoms with E-state index in [1.54, 1.807) is 6.20 Å². The Balaban J connectivity index is 0.917. The van der Waals surface area contributed by atoms with Gasteiger partial charge in [0.05, 0.1) is 6.61 Å². The smallest absolute Gasteiger partial charge is 0.315 e. The molecule has 3 heterocycles. The monoisotopic (exact) mass is 516 g/mol. The molecule has 1 aromatic carbocycles. The largest absolute Gasteiger partial charge is 0.381 e. The van der Waals surface area contributed by atoms with Gasteiger partial charge in [-0.3, -0.25) is 5.10 Å². The zero-order valence-electron chi connectivity index (χ0n) is 21.5. The van der Waals surface area contributed by atoms with Gasteiger partial charge in [0.1, 0.15) is 5.82 Å². The van der Waals surface area contributed by atoms with E-state index in [0.29, 0.717) is 23.6 Å². The van der Waals surface area contributed by atoms with Gasteiger partial charge in [-0.15, -0.1) is 0 Å². The zero-order chi connectivity index (χ0) is 25.7. The SMILES string of the molecule is O=C(NC1CCC(Nc2nccc(Nc3cc(C4CCOC4)[nH]n3)n2)CC1)NC1CC(c2ccccc2)C1. The maximum absolute atomic E-state index is 12.5. The molecule has 1 aliphatic heterocycles. The van der Waals surface area contributed by atoms with Gasteiger partial charge in [0, 0.05) is 48.6 Å². The highest BCUT2D eigenvalue weighted by atomic mass is 16.5. The lowest BCUT2D eigenvalue weighted by atomic mass is 9.76. The lowest BCUT2D eigenvalue weighted by Crippen LogP contribution is -2.51. The van der Waals surface area contributed by atoms with Gasteiger partial charge in [-0.25, -0.2) is 9.78 Å². The van der Waals surface area contributed by atoms with E-state index in [0.717, 1.165) is 69.7 Å². The molecule has 1 saturated heterocycles. The number of aromatic nitrogens is 4. The highest BCUT2D eigenvalue weighted by Crippen LogP contribution is 2.36. The molecule has 0 radical (unpaired) electrons. The predicted octanol–water partition coefficient (Wildman–Crippen LogP) is 4.42. The Morgan fingerprint density at radius 1 is 0.895 bits per heavy atom. The number of aromatic amines is 1. The van der Waals surface area contributed by atoms with Crippen molar-refractivity contribution in [3.8, 4) is 0 Å². The molecule has 10 heteroatoms. The maximum Gasteiger partial charge on any atom is 0.315 e. The number of urea groups is 1. The Hall–Kier alpha value is -3.66. The van der Waals surface area contributed by atoms with Crippen LogP contribution in [0, 0.1) is 0 Å². The Morgan fingerprint density at radius 2 is 1.68 bits per heavy atom. The summed E-state index contributed by atoms with van der Waals surface area (Å²) in [5.74, 6) is 2.96. The first-order valence-electron chi connectivity index (χ1n) is 13.8. The van der Waals surface area contributed by atoms with Crippen molar-refractivity contribution in [1.29, 1.82) is 0 Å². The van der Waals surface area contributed by atoms with Crippen LogP contribution in [-0.4, -0.2) is 57.5 Å². The number of ether oxygens (including phenoxy) is 1. The number of anilines is 3. The number of benzene rings is 1. The van der Waals surface area contributed by atoms with Crippen molar-refractivity contribution in [2.45, 2.75) is 74.9 Å². The molecule has 3 fully saturated rings. The molecule has 0 bridgehead atoms. The van der Waals surface area contributed by atoms with Crippen molar-refractivity contribution < 1.29 is 9.53 Å². The highest BCUT2D eigenvalue weighted by Gasteiger charge is 2.32. The third kappa shape index (κ3) is 6.07. The van der Waals surface area contributed by atoms with Crippen LogP contribution in [-0.2, 0) is 4.74 Å². The Bertz CT molecular complexity index is 1200. The minimum Gasteiger partial charge on any atom is -0.381 e. The van der Waals surface area contributed by atoms with E-state index < -0.39 is 0 Å². The van der Waals surface area contributed by atoms with E-state index in [1.165, 1.54) is 5.56 Å². The van der Waals surface area contributed by atoms with Gasteiger partial charge >= 0.3 is 6.03 Å². The van der Waals surface area contributed by atoms with Gasteiger partial charge in [-0.05, 0) is 62.5 Å². The minimum atomic E-state index is -0.0398. The van der Waals surface area contributed by atoms with Crippen LogP contribution in [0.5, 0.6) is 0 Å². The van der Waals surface area contributed by atoms with E-state index in [-0.39, 0.29) is 24.2 Å². The van der Waals surface area contributed by atoms with Gasteiger partial charge in [0.2, 0.25) is 5.95 Å². The summed E-state index contributed by atoms with van der Waals surface area (Å²) in [4.78, 5) is 21.5. The number of nitrogens with one attached hydrogen (secondary N) is 5. The minimum absolute atomic E-state index is 0.0398. The first kappa shape index (κ1) is 24.7. The Kier molecular flexibility index (Phi) is 7.39. The predicted molar refractivity (Wildman–Crippen MR) is 146 cm³/mol. The summed E-state index contributed by atoms with van der Waals surface area (Å²) in [6, 6.07) is 15.1. The van der Waals surface area contributed by atoms with E-state index in [2.05, 4.69) is 65.7 Å². The van der Waals surface area contributed by atoms with E-state index in [4.69, 9.17) is 4.74 Å². The van der Waals surface area contributed by atoms with Crippen LogP contribution >= 0.6 is 0 Å². The van der Waals surface area contributed by atoms with Crippen molar-refractivity contribution in [3.05, 3.63) is 59.9 Å². The van der Waals surface area contributed by atoms with E-state index >= 15 is 0 Å². The molecule has 5 N–H and O–H groups in total. The Labute approximate surface area is 222 Å². The second-order valence-electron chi connectivity index (χ2n) is 10.7. The molecule has 2 saturated carbocycles. The lowest BCUT2D eigenvalue weighted by molar-refractivity contribution is 0.193. The average Bonchev–Trinajstić information content (AvgIpc) is 3.60. The topological polar surface area (TPSA) is 129 Å². The molecule has 1 atom stereocenters. The number of carbonyl (C=O) groups is 1. The number of hydrogen-bond donors (Lipinski definition) is 5. The van der Waals surface area contributed by atoms with Crippen LogP contribution in [0.2, 0.25) is 0 Å². The third-order valence-corrected chi connectivity index (χ3v) is 8.02. The number of amides is 2. The molecule has 6 rings (SSSR count). The van der Waals surface area contributed by atoms with Crippen LogP contribution in [0.25, 0.3) is 0 Å². The van der Waals surface area contributed by atoms with Crippen molar-refractivity contribution in [2.75, 3.05) is 23.8 Å². The summed E-state index contributed by atoms with van der Waals surface area (Å²) in [6.45, 7) is 1.54. The van der Waals surface area contributed by atoms with Crippen molar-refractivity contribution >= 4 is 23.6 Å². The molecule has 1 unspecified atom stereocenters. The maximum atomic E-state index is 12.5. The molecule has 200 valence electrons. The van der Waals surface area contributed by atoms with Crippen LogP contribution in [0.15, 0.2) is 48.7 Å². The summed E-state index contributed by atoms with van der Waals surface area (Å²) in [6.07, 6.45) is 8.56. The number of hydrogen-bond acceptors (Lipinski definition) is 7. The summed E-state index contributed by atoms with van der Waals surface area (Å²) in [5, 5.41) is 20.5. The van der Waals surface area contributed by atoms with Gasteiger partial charge in [-0.2, -0.15) is 10.1 Å². The van der Waals surface area contributed by atoms with Crippen LogP contribution in [0.4, 0.5) is 22.4 Å². The van der Waals surface area contributed by atoms with Crippen molar-refractivity contribution in [2.24, 2.45) is 0 Å². The summed E-state index contributed by atoms with van der Waals surface area (Å²) < 4.78 is 5.47. The molecule has 3 aliphatic rings. The standard InChI is InChI=1S/C28H36N8O2/c37-28(32-23-14-20(15-23)18-4-2-1-3-5-18)31-22-8-6-21(7-9-22)30-27-29-12-10-25(34-27)33-26-16-24(35-36-26)19-11-13-38-17-19/h1-5,10,12,16,19-23H,6-9,11,13-15,17H2,(H2,31,32,37)(H3,29,30,33,34,35,36). The number of nitrogens with zero attached hydrogens (tertiary/aromatic N) is 3. The van der Waals surface area contributed by atoms with Crippen LogP contribution in [0.1, 0.15) is 68.0 Å². The number of carbonyl (C=O) groups excluding carboxylic acids is 1. The molecule has 3 aromatic rings. The molecule has 2 aliphatic carbocycles. The van der Waals surface area contributed by atoms with E-state index in [9.17, 15) is 4.79 Å². The highest BCUT2D eigenvalue weighted by molar-refractivity contribution is 5.74. The quantitative estimate of drug-likeness (QED) is 0.300. The second kappa shape index (κ2) is 11.4. The normalized spacial score (nSPS) is 26.8. The first-order chi connectivity index (χ1) is 18.7. The van der Waals surface area contributed by atoms with Gasteiger partial charge in [0.25, 0.3) is 0 Å². The van der Waals surface area contributed by atoms with Crippen LogP contribution < -0.4 is 21.3 Å². The molecule has 10 nitrogen and oxygen atoms in total. The molecule has 38 heavy (non-hydrogen) atoms. The zero-order valence-corrected chi connectivity index (χ0v) is 21.5. The van der Waals surface area contributed by atoms with Crippen molar-refractivity contribution in [1.82, 2.24) is 30.8 Å². The molecule has 0 spiro atoms. The lowest BCUT2D eigenvalue weighted by Gasteiger charge is -2.37. The molecular weight excluding hydrogens is 480 g/mol. The van der Waals surface area contributed by atoms with Gasteiger partial charge < -0.3 is 26.0 Å². The van der Waals surface area contributed by atoms with Crippen LogP contribution in [0.3, 0.4) is 0 Å². The molecule has 2 amide bonds. The van der Waals surface area contributed by atoms with Gasteiger partial charge in [0.15, 0.2) is 5.82 Å². The number of H-pyrrole nitrogens is 1. The fourth-order valence-electron chi connectivity index (χ4n) is 5.73. The third-order valence-electron chi connectivity index (χ3n) is 8.02. The van der Waals surface area contributed by atoms with E-state index in [1.807, 2.05) is 18.2 Å². The first-order valence-corrected chi connectivity index (χ1v) is 13.8. The molecular formula is C28H36N8O2. The summed E-state index contributed by atoms with van der Waals surface area (Å²) in [5.41, 5.74) is 2.45. The number of rotatable bonds is 8. The van der Waals surface area contributed by atoms with Gasteiger partial charge in [-0.1, -0.05) is 30.3 Å². The molecule has 2 aromatic heterocycles. The summed E-state index contributed by atoms with van der Waals surface area (Å²) in [7, 11) is 0.